The van der Waals surface area contributed by atoms with E-state index in [9.17, 15) is 0 Å². The first-order valence-electron chi connectivity index (χ1n) is 8.90. The van der Waals surface area contributed by atoms with Crippen molar-refractivity contribution in [3.63, 3.8) is 0 Å². The van der Waals surface area contributed by atoms with E-state index in [4.69, 9.17) is 13.3 Å². The molecule has 1 aliphatic heterocycles. The summed E-state index contributed by atoms with van der Waals surface area (Å²) in [7, 11) is 2.15. The lowest BCUT2D eigenvalue weighted by Crippen LogP contribution is -2.48. The van der Waals surface area contributed by atoms with Crippen molar-refractivity contribution < 1.29 is 13.3 Å². The fourth-order valence-electron chi connectivity index (χ4n) is 3.32. The molecule has 1 saturated heterocycles. The topological polar surface area (TPSA) is 30.9 Å². The molecule has 1 unspecified atom stereocenters. The van der Waals surface area contributed by atoms with Crippen LogP contribution in [-0.2, 0) is 13.3 Å². The SMILES string of the molecule is CO[Si](C)(CCCCCCCCN1CCC[Si]1(C)OC)OC. The van der Waals surface area contributed by atoms with Gasteiger partial charge < -0.3 is 17.8 Å². The molecule has 22 heavy (non-hydrogen) atoms. The second-order valence-electron chi connectivity index (χ2n) is 6.88. The van der Waals surface area contributed by atoms with Crippen LogP contribution in [0.5, 0.6) is 0 Å². The van der Waals surface area contributed by atoms with Gasteiger partial charge in [0.05, 0.1) is 0 Å². The zero-order valence-electron chi connectivity index (χ0n) is 15.5. The summed E-state index contributed by atoms with van der Waals surface area (Å²) in [6, 6.07) is 2.43. The van der Waals surface area contributed by atoms with E-state index in [1.54, 1.807) is 14.2 Å². The predicted octanol–water partition coefficient (Wildman–Crippen LogP) is 4.12. The molecule has 0 radical (unpaired) electrons. The van der Waals surface area contributed by atoms with E-state index >= 15 is 0 Å². The largest absolute Gasteiger partial charge is 0.406 e. The Kier molecular flexibility index (Phi) is 9.42. The molecular weight excluding hydrogens is 310 g/mol. The Labute approximate surface area is 140 Å². The molecule has 1 atom stereocenters. The van der Waals surface area contributed by atoms with Crippen molar-refractivity contribution in [1.29, 1.82) is 0 Å². The number of hydrogen-bond acceptors (Lipinski definition) is 4. The molecule has 0 amide bonds. The van der Waals surface area contributed by atoms with Gasteiger partial charge in [-0.15, -0.1) is 0 Å². The second-order valence-corrected chi connectivity index (χ2v) is 14.4. The molecule has 1 rings (SSSR count). The lowest BCUT2D eigenvalue weighted by molar-refractivity contribution is 0.248. The Hall–Kier alpha value is 0.274. The summed E-state index contributed by atoms with van der Waals surface area (Å²) < 4.78 is 19.5. The Balaban J connectivity index is 2.00. The van der Waals surface area contributed by atoms with E-state index in [-0.39, 0.29) is 0 Å². The first-order chi connectivity index (χ1) is 10.5. The number of unbranched alkanes of at least 4 members (excludes halogenated alkanes) is 5. The Bertz CT molecular complexity index is 303. The van der Waals surface area contributed by atoms with Crippen LogP contribution in [0.25, 0.3) is 0 Å². The third-order valence-electron chi connectivity index (χ3n) is 5.35. The van der Waals surface area contributed by atoms with E-state index in [1.165, 1.54) is 64.1 Å². The average molecular weight is 348 g/mol. The summed E-state index contributed by atoms with van der Waals surface area (Å²) in [6.07, 6.45) is 9.27. The maximum Gasteiger partial charge on any atom is 0.334 e. The molecule has 1 heterocycles. The van der Waals surface area contributed by atoms with E-state index in [0.29, 0.717) is 0 Å². The van der Waals surface area contributed by atoms with Gasteiger partial charge in [0.1, 0.15) is 0 Å². The summed E-state index contributed by atoms with van der Waals surface area (Å²) in [4.78, 5) is 0. The van der Waals surface area contributed by atoms with Gasteiger partial charge in [0, 0.05) is 21.3 Å². The third-order valence-corrected chi connectivity index (χ3v) is 12.3. The molecule has 0 bridgehead atoms. The first-order valence-corrected chi connectivity index (χ1v) is 14.0. The van der Waals surface area contributed by atoms with E-state index < -0.39 is 17.0 Å². The van der Waals surface area contributed by atoms with E-state index in [1.807, 2.05) is 7.11 Å². The summed E-state index contributed by atoms with van der Waals surface area (Å²) in [5, 5.41) is 0. The third kappa shape index (κ3) is 6.41. The summed E-state index contributed by atoms with van der Waals surface area (Å²) >= 11 is 0. The minimum absolute atomic E-state index is 1.12. The molecule has 0 aliphatic carbocycles. The highest BCUT2D eigenvalue weighted by Gasteiger charge is 2.39. The van der Waals surface area contributed by atoms with E-state index in [0.717, 1.165) is 6.04 Å². The molecular formula is C16H37NO3Si2. The van der Waals surface area contributed by atoms with Crippen LogP contribution >= 0.6 is 0 Å². The van der Waals surface area contributed by atoms with Crippen LogP contribution in [0.15, 0.2) is 0 Å². The Morgan fingerprint density at radius 3 is 2.14 bits per heavy atom. The van der Waals surface area contributed by atoms with Crippen LogP contribution in [0.1, 0.15) is 44.9 Å². The minimum Gasteiger partial charge on any atom is -0.406 e. The summed E-state index contributed by atoms with van der Waals surface area (Å²) in [6.45, 7) is 7.02. The number of nitrogens with zero attached hydrogens (tertiary/aromatic N) is 1. The molecule has 0 aromatic carbocycles. The quantitative estimate of drug-likeness (QED) is 0.392. The first kappa shape index (κ1) is 20.3. The van der Waals surface area contributed by atoms with Crippen molar-refractivity contribution in [2.45, 2.75) is 70.1 Å². The van der Waals surface area contributed by atoms with Crippen molar-refractivity contribution in [2.75, 3.05) is 34.4 Å². The van der Waals surface area contributed by atoms with Crippen LogP contribution < -0.4 is 0 Å². The Morgan fingerprint density at radius 1 is 0.955 bits per heavy atom. The molecule has 0 aromatic rings. The highest BCUT2D eigenvalue weighted by Crippen LogP contribution is 2.26. The standard InChI is InChI=1S/C16H37NO3Si2/c1-18-21(4)15-12-14-17(21)13-10-8-6-7-9-11-16-22(5,19-2)20-3/h6-16H2,1-5H3. The van der Waals surface area contributed by atoms with Crippen LogP contribution in [0.2, 0.25) is 25.2 Å². The smallest absolute Gasteiger partial charge is 0.334 e. The van der Waals surface area contributed by atoms with Crippen molar-refractivity contribution in [3.8, 4) is 0 Å². The maximum absolute atomic E-state index is 5.82. The normalized spacial score (nSPS) is 23.3. The van der Waals surface area contributed by atoms with Gasteiger partial charge in [0.25, 0.3) is 8.48 Å². The van der Waals surface area contributed by atoms with Gasteiger partial charge in [-0.2, -0.15) is 0 Å². The van der Waals surface area contributed by atoms with Gasteiger partial charge in [0.15, 0.2) is 0 Å². The van der Waals surface area contributed by atoms with Crippen molar-refractivity contribution >= 4 is 17.0 Å². The van der Waals surface area contributed by atoms with Crippen LogP contribution in [0.3, 0.4) is 0 Å². The zero-order valence-corrected chi connectivity index (χ0v) is 17.5. The number of hydrogen-bond donors (Lipinski definition) is 0. The minimum atomic E-state index is -1.83. The van der Waals surface area contributed by atoms with Gasteiger partial charge >= 0.3 is 8.56 Å². The van der Waals surface area contributed by atoms with Crippen molar-refractivity contribution in [3.05, 3.63) is 0 Å². The van der Waals surface area contributed by atoms with Gasteiger partial charge in [-0.3, -0.25) is 0 Å². The lowest BCUT2D eigenvalue weighted by atomic mass is 10.1. The predicted molar refractivity (Wildman–Crippen MR) is 97.8 cm³/mol. The summed E-state index contributed by atoms with van der Waals surface area (Å²) in [5.41, 5.74) is 0. The molecule has 1 fully saturated rings. The van der Waals surface area contributed by atoms with Crippen LogP contribution in [0, 0.1) is 0 Å². The fraction of sp³-hybridized carbons (Fsp3) is 1.00. The maximum atomic E-state index is 5.82. The zero-order chi connectivity index (χ0) is 16.5. The van der Waals surface area contributed by atoms with Gasteiger partial charge in [0.2, 0.25) is 0 Å². The van der Waals surface area contributed by atoms with Gasteiger partial charge in [-0.1, -0.05) is 32.1 Å². The molecule has 0 aromatic heterocycles. The Morgan fingerprint density at radius 2 is 1.55 bits per heavy atom. The van der Waals surface area contributed by atoms with Gasteiger partial charge in [-0.25, -0.2) is 0 Å². The van der Waals surface area contributed by atoms with Crippen LogP contribution in [-0.4, -0.2) is 56.0 Å². The highest BCUT2D eigenvalue weighted by atomic mass is 28.4. The monoisotopic (exact) mass is 347 g/mol. The lowest BCUT2D eigenvalue weighted by Gasteiger charge is -2.31. The van der Waals surface area contributed by atoms with E-state index in [2.05, 4.69) is 17.7 Å². The molecule has 6 heteroatoms. The molecule has 0 spiro atoms. The second kappa shape index (κ2) is 10.2. The average Bonchev–Trinajstić information content (AvgIpc) is 2.91. The summed E-state index contributed by atoms with van der Waals surface area (Å²) in [5.74, 6) is 0. The molecule has 1 aliphatic rings. The van der Waals surface area contributed by atoms with Gasteiger partial charge in [-0.05, 0) is 51.1 Å². The van der Waals surface area contributed by atoms with Crippen molar-refractivity contribution in [2.24, 2.45) is 0 Å². The number of rotatable bonds is 12. The molecule has 4 nitrogen and oxygen atoms in total. The van der Waals surface area contributed by atoms with Crippen LogP contribution in [0.4, 0.5) is 0 Å². The molecule has 0 N–H and O–H groups in total. The fourth-order valence-corrected chi connectivity index (χ4v) is 7.64. The highest BCUT2D eigenvalue weighted by molar-refractivity contribution is 6.70. The van der Waals surface area contributed by atoms with Crippen molar-refractivity contribution in [1.82, 2.24) is 4.57 Å². The molecule has 0 saturated carbocycles. The molecule has 132 valence electrons.